The first-order valence-electron chi connectivity index (χ1n) is 10.6. The molecule has 28 heavy (non-hydrogen) atoms. The van der Waals surface area contributed by atoms with E-state index in [4.69, 9.17) is 9.47 Å². The molecule has 1 aromatic heterocycles. The minimum Gasteiger partial charge on any atom is -0.444 e. The van der Waals surface area contributed by atoms with Crippen molar-refractivity contribution in [3.8, 4) is 0 Å². The Balaban J connectivity index is 1.53. The summed E-state index contributed by atoms with van der Waals surface area (Å²) in [5.41, 5.74) is 0.816. The fourth-order valence-corrected chi connectivity index (χ4v) is 4.36. The second kappa shape index (κ2) is 9.27. The highest BCUT2D eigenvalue weighted by molar-refractivity contribution is 5.69. The maximum atomic E-state index is 12.7. The van der Waals surface area contributed by atoms with Crippen LogP contribution in [-0.4, -0.2) is 64.8 Å². The van der Waals surface area contributed by atoms with Crippen molar-refractivity contribution in [3.05, 3.63) is 18.0 Å². The first-order chi connectivity index (χ1) is 13.3. The van der Waals surface area contributed by atoms with E-state index in [2.05, 4.69) is 16.6 Å². The number of rotatable bonds is 6. The van der Waals surface area contributed by atoms with Gasteiger partial charge in [0, 0.05) is 44.4 Å². The zero-order chi connectivity index (χ0) is 20.1. The van der Waals surface area contributed by atoms with Crippen LogP contribution in [0.15, 0.2) is 12.4 Å². The first-order valence-corrected chi connectivity index (χ1v) is 10.6. The van der Waals surface area contributed by atoms with Gasteiger partial charge in [0.05, 0.1) is 12.8 Å². The summed E-state index contributed by atoms with van der Waals surface area (Å²) in [5.74, 6) is 0.321. The van der Waals surface area contributed by atoms with E-state index < -0.39 is 5.60 Å². The van der Waals surface area contributed by atoms with Gasteiger partial charge in [0.15, 0.2) is 0 Å². The predicted molar refractivity (Wildman–Crippen MR) is 108 cm³/mol. The number of carbonyl (C=O) groups is 1. The molecule has 0 unspecified atom stereocenters. The molecule has 3 heterocycles. The Kier molecular flexibility index (Phi) is 6.99. The fraction of sp³-hybridized carbons (Fsp3) is 0.810. The van der Waals surface area contributed by atoms with Crippen LogP contribution >= 0.6 is 0 Å². The van der Waals surface area contributed by atoms with Crippen LogP contribution in [0.2, 0.25) is 0 Å². The number of hydrogen-bond acceptors (Lipinski definition) is 5. The minimum absolute atomic E-state index is 0.184. The highest BCUT2D eigenvalue weighted by atomic mass is 16.6. The van der Waals surface area contributed by atoms with Gasteiger partial charge in [0.2, 0.25) is 0 Å². The number of nitrogens with zero attached hydrogens (tertiary/aromatic N) is 3. The summed E-state index contributed by atoms with van der Waals surface area (Å²) in [6.45, 7) is 9.02. The molecule has 1 aromatic rings. The van der Waals surface area contributed by atoms with Gasteiger partial charge in [-0.2, -0.15) is 5.10 Å². The lowest BCUT2D eigenvalue weighted by Gasteiger charge is -2.40. The average molecular weight is 393 g/mol. The minimum atomic E-state index is -0.461. The Morgan fingerprint density at radius 3 is 2.93 bits per heavy atom. The van der Waals surface area contributed by atoms with Gasteiger partial charge in [-0.3, -0.25) is 4.68 Å². The van der Waals surface area contributed by atoms with Gasteiger partial charge in [-0.25, -0.2) is 4.79 Å². The molecule has 0 aliphatic carbocycles. The van der Waals surface area contributed by atoms with Crippen molar-refractivity contribution in [2.75, 3.05) is 26.3 Å². The van der Waals surface area contributed by atoms with Crippen LogP contribution < -0.4 is 5.32 Å². The van der Waals surface area contributed by atoms with Crippen LogP contribution in [-0.2, 0) is 22.9 Å². The number of amides is 1. The second-order valence-corrected chi connectivity index (χ2v) is 9.10. The zero-order valence-corrected chi connectivity index (χ0v) is 17.8. The zero-order valence-electron chi connectivity index (χ0n) is 17.8. The van der Waals surface area contributed by atoms with Crippen LogP contribution in [0.25, 0.3) is 0 Å². The Morgan fingerprint density at radius 2 is 2.21 bits per heavy atom. The standard InChI is InChI=1S/C21H36N4O3/c1-21(2,3)28-20(26)25-11-6-8-19(25)17-15-27-12-9-18(17)22-10-5-7-16-13-23-24(4)14-16/h13-14,17-19,22H,5-12,15H2,1-4H3/t17-,18-,19-/m1/s1. The molecule has 2 fully saturated rings. The molecule has 0 spiro atoms. The third-order valence-corrected chi connectivity index (χ3v) is 5.63. The number of ether oxygens (including phenoxy) is 2. The third kappa shape index (κ3) is 5.70. The van der Waals surface area contributed by atoms with Gasteiger partial charge < -0.3 is 19.7 Å². The quantitative estimate of drug-likeness (QED) is 0.754. The lowest BCUT2D eigenvalue weighted by atomic mass is 9.87. The van der Waals surface area contributed by atoms with Crippen molar-refractivity contribution in [2.24, 2.45) is 13.0 Å². The van der Waals surface area contributed by atoms with Gasteiger partial charge in [-0.15, -0.1) is 0 Å². The molecule has 3 atom stereocenters. The summed E-state index contributed by atoms with van der Waals surface area (Å²) in [6.07, 6.45) is 9.00. The van der Waals surface area contributed by atoms with E-state index in [1.165, 1.54) is 5.56 Å². The molecule has 3 rings (SSSR count). The molecule has 158 valence electrons. The van der Waals surface area contributed by atoms with E-state index >= 15 is 0 Å². The van der Waals surface area contributed by atoms with E-state index in [0.29, 0.717) is 18.6 Å². The van der Waals surface area contributed by atoms with Gasteiger partial charge in [-0.05, 0) is 65.0 Å². The highest BCUT2D eigenvalue weighted by Gasteiger charge is 2.41. The largest absolute Gasteiger partial charge is 0.444 e. The smallest absolute Gasteiger partial charge is 0.410 e. The molecule has 1 N–H and O–H groups in total. The predicted octanol–water partition coefficient (Wildman–Crippen LogP) is 2.75. The van der Waals surface area contributed by atoms with E-state index in [-0.39, 0.29) is 12.1 Å². The molecule has 1 amide bonds. The molecular formula is C21H36N4O3. The van der Waals surface area contributed by atoms with Crippen LogP contribution in [0.1, 0.15) is 52.0 Å². The van der Waals surface area contributed by atoms with Gasteiger partial charge >= 0.3 is 6.09 Å². The second-order valence-electron chi connectivity index (χ2n) is 9.10. The SMILES string of the molecule is Cn1cc(CCCN[C@@H]2CCOC[C@H]2[C@H]2CCCN2C(=O)OC(C)(C)C)cn1. The Bertz CT molecular complexity index is 640. The Hall–Kier alpha value is -1.60. The number of aromatic nitrogens is 2. The summed E-state index contributed by atoms with van der Waals surface area (Å²) in [5, 5.41) is 7.98. The summed E-state index contributed by atoms with van der Waals surface area (Å²) in [7, 11) is 1.95. The molecule has 0 radical (unpaired) electrons. The normalized spacial score (nSPS) is 25.9. The number of likely N-dealkylation sites (tertiary alicyclic amines) is 1. The van der Waals surface area contributed by atoms with Crippen molar-refractivity contribution in [3.63, 3.8) is 0 Å². The summed E-state index contributed by atoms with van der Waals surface area (Å²) >= 11 is 0. The topological polar surface area (TPSA) is 68.6 Å². The van der Waals surface area contributed by atoms with Crippen LogP contribution in [0.5, 0.6) is 0 Å². The third-order valence-electron chi connectivity index (χ3n) is 5.63. The Morgan fingerprint density at radius 1 is 1.39 bits per heavy atom. The van der Waals surface area contributed by atoms with E-state index in [0.717, 1.165) is 51.8 Å². The molecular weight excluding hydrogens is 356 g/mol. The maximum absolute atomic E-state index is 12.7. The molecule has 0 aromatic carbocycles. The fourth-order valence-electron chi connectivity index (χ4n) is 4.36. The van der Waals surface area contributed by atoms with Gasteiger partial charge in [-0.1, -0.05) is 0 Å². The van der Waals surface area contributed by atoms with Crippen molar-refractivity contribution < 1.29 is 14.3 Å². The maximum Gasteiger partial charge on any atom is 0.410 e. The molecule has 7 nitrogen and oxygen atoms in total. The van der Waals surface area contributed by atoms with Crippen molar-refractivity contribution >= 4 is 6.09 Å². The van der Waals surface area contributed by atoms with E-state index in [9.17, 15) is 4.79 Å². The molecule has 2 aliphatic rings. The monoisotopic (exact) mass is 392 g/mol. The van der Waals surface area contributed by atoms with E-state index in [1.54, 1.807) is 0 Å². The number of carbonyl (C=O) groups excluding carboxylic acids is 1. The first kappa shape index (κ1) is 21.1. The van der Waals surface area contributed by atoms with Crippen LogP contribution in [0.3, 0.4) is 0 Å². The lowest BCUT2D eigenvalue weighted by Crippen LogP contribution is -2.53. The molecule has 0 bridgehead atoms. The summed E-state index contributed by atoms with van der Waals surface area (Å²) < 4.78 is 13.3. The number of nitrogens with one attached hydrogen (secondary N) is 1. The van der Waals surface area contributed by atoms with Crippen LogP contribution in [0, 0.1) is 5.92 Å². The molecule has 7 heteroatoms. The molecule has 0 saturated carbocycles. The van der Waals surface area contributed by atoms with Gasteiger partial charge in [0.25, 0.3) is 0 Å². The molecule has 2 saturated heterocycles. The van der Waals surface area contributed by atoms with Gasteiger partial charge in [0.1, 0.15) is 5.60 Å². The Labute approximate surface area is 168 Å². The van der Waals surface area contributed by atoms with Crippen LogP contribution in [0.4, 0.5) is 4.79 Å². The highest BCUT2D eigenvalue weighted by Crippen LogP contribution is 2.31. The molecule has 2 aliphatic heterocycles. The van der Waals surface area contributed by atoms with E-state index in [1.807, 2.05) is 43.6 Å². The van der Waals surface area contributed by atoms with Crippen molar-refractivity contribution in [2.45, 2.75) is 70.6 Å². The van der Waals surface area contributed by atoms with Crippen molar-refractivity contribution in [1.29, 1.82) is 0 Å². The number of aryl methyl sites for hydroxylation is 2. The average Bonchev–Trinajstić information content (AvgIpc) is 3.26. The van der Waals surface area contributed by atoms with Crippen molar-refractivity contribution in [1.82, 2.24) is 20.0 Å². The number of hydrogen-bond donors (Lipinski definition) is 1. The summed E-state index contributed by atoms with van der Waals surface area (Å²) in [4.78, 5) is 14.6. The summed E-state index contributed by atoms with van der Waals surface area (Å²) in [6, 6.07) is 0.585. The lowest BCUT2D eigenvalue weighted by molar-refractivity contribution is -0.0165.